The van der Waals surface area contributed by atoms with Crippen molar-refractivity contribution in [1.82, 2.24) is 9.88 Å². The van der Waals surface area contributed by atoms with Gasteiger partial charge in [-0.05, 0) is 48.3 Å². The molecule has 1 saturated heterocycles. The molecule has 0 radical (unpaired) electrons. The van der Waals surface area contributed by atoms with Gasteiger partial charge in [-0.25, -0.2) is 4.85 Å². The lowest BCUT2D eigenvalue weighted by Gasteiger charge is -2.30. The molecule has 3 heteroatoms. The first-order chi connectivity index (χ1) is 9.83. The van der Waals surface area contributed by atoms with Gasteiger partial charge in [0.2, 0.25) is 0 Å². The van der Waals surface area contributed by atoms with Crippen LogP contribution in [0.2, 0.25) is 0 Å². The summed E-state index contributed by atoms with van der Waals surface area (Å²) in [6, 6.07) is 6.86. The van der Waals surface area contributed by atoms with Gasteiger partial charge in [0, 0.05) is 36.3 Å². The number of aromatic amines is 1. The molecule has 2 fully saturated rings. The quantitative estimate of drug-likeness (QED) is 0.723. The van der Waals surface area contributed by atoms with Crippen LogP contribution >= 0.6 is 0 Å². The Kier molecular flexibility index (Phi) is 1.99. The second-order valence-corrected chi connectivity index (χ2v) is 6.62. The van der Waals surface area contributed by atoms with Crippen LogP contribution in [0.1, 0.15) is 30.0 Å². The number of benzene rings is 1. The largest absolute Gasteiger partial charge is 0.358 e. The highest BCUT2D eigenvalue weighted by molar-refractivity contribution is 5.88. The van der Waals surface area contributed by atoms with E-state index in [4.69, 9.17) is 6.57 Å². The maximum absolute atomic E-state index is 7.22. The van der Waals surface area contributed by atoms with Crippen LogP contribution in [0.5, 0.6) is 0 Å². The molecule has 3 unspecified atom stereocenters. The zero-order valence-corrected chi connectivity index (χ0v) is 11.4. The first-order valence-corrected chi connectivity index (χ1v) is 7.59. The van der Waals surface area contributed by atoms with E-state index in [2.05, 4.69) is 26.9 Å². The summed E-state index contributed by atoms with van der Waals surface area (Å²) < 4.78 is 0. The fraction of sp³-hybridized carbons (Fsp3) is 0.471. The summed E-state index contributed by atoms with van der Waals surface area (Å²) in [6.45, 7) is 9.73. The Labute approximate surface area is 118 Å². The van der Waals surface area contributed by atoms with E-state index in [0.717, 1.165) is 24.1 Å². The highest BCUT2D eigenvalue weighted by atomic mass is 15.2. The summed E-state index contributed by atoms with van der Waals surface area (Å²) in [5.41, 5.74) is 4.96. The molecule has 2 aliphatic heterocycles. The number of H-pyrrole nitrogens is 1. The lowest BCUT2D eigenvalue weighted by molar-refractivity contribution is 0.201. The van der Waals surface area contributed by atoms with Crippen LogP contribution in [-0.2, 0) is 6.42 Å². The third-order valence-corrected chi connectivity index (χ3v) is 5.66. The van der Waals surface area contributed by atoms with E-state index in [9.17, 15) is 0 Å². The van der Waals surface area contributed by atoms with Crippen molar-refractivity contribution in [2.45, 2.75) is 31.2 Å². The third-order valence-electron chi connectivity index (χ3n) is 5.66. The topological polar surface area (TPSA) is 23.4 Å². The molecule has 3 heterocycles. The van der Waals surface area contributed by atoms with Crippen LogP contribution in [0.25, 0.3) is 15.7 Å². The highest BCUT2D eigenvalue weighted by Crippen LogP contribution is 2.50. The molecule has 1 saturated carbocycles. The Morgan fingerprint density at radius 1 is 1.30 bits per heavy atom. The van der Waals surface area contributed by atoms with Crippen molar-refractivity contribution in [2.75, 3.05) is 13.1 Å². The molecule has 1 aromatic carbocycles. The van der Waals surface area contributed by atoms with Gasteiger partial charge in [0.05, 0.1) is 6.57 Å². The molecule has 1 aliphatic carbocycles. The van der Waals surface area contributed by atoms with Gasteiger partial charge >= 0.3 is 0 Å². The van der Waals surface area contributed by atoms with Crippen LogP contribution in [0.15, 0.2) is 18.2 Å². The lowest BCUT2D eigenvalue weighted by Crippen LogP contribution is -2.36. The molecule has 100 valence electrons. The maximum atomic E-state index is 7.22. The summed E-state index contributed by atoms with van der Waals surface area (Å²) in [6.07, 6.45) is 3.89. The van der Waals surface area contributed by atoms with Crippen LogP contribution in [-0.4, -0.2) is 29.0 Å². The van der Waals surface area contributed by atoms with Crippen molar-refractivity contribution < 1.29 is 0 Å². The van der Waals surface area contributed by atoms with E-state index < -0.39 is 0 Å². The standard InChI is InChI=1S/C17H17N3/c1-18-11-2-3-15-13(8-11)12-4-5-20-9-10-6-14(16(20)7-10)17(12)19-15/h2-3,8,10,14,16,19H,4-7,9H2. The molecule has 1 N–H and O–H groups in total. The van der Waals surface area contributed by atoms with Gasteiger partial charge in [0.25, 0.3) is 0 Å². The molecule has 3 nitrogen and oxygen atoms in total. The Morgan fingerprint density at radius 2 is 2.25 bits per heavy atom. The van der Waals surface area contributed by atoms with Gasteiger partial charge in [-0.1, -0.05) is 6.07 Å². The molecule has 2 bridgehead atoms. The Bertz CT molecular complexity index is 751. The minimum atomic E-state index is 0.704. The number of hydrogen-bond donors (Lipinski definition) is 1. The third kappa shape index (κ3) is 1.28. The second kappa shape index (κ2) is 3.65. The summed E-state index contributed by atoms with van der Waals surface area (Å²) in [7, 11) is 0. The van der Waals surface area contributed by atoms with E-state index in [1.54, 1.807) is 0 Å². The minimum Gasteiger partial charge on any atom is -0.358 e. The maximum Gasteiger partial charge on any atom is 0.187 e. The predicted octanol–water partition coefficient (Wildman–Crippen LogP) is 3.45. The monoisotopic (exact) mass is 263 g/mol. The molecule has 0 spiro atoms. The van der Waals surface area contributed by atoms with Crippen LogP contribution < -0.4 is 0 Å². The number of rotatable bonds is 0. The summed E-state index contributed by atoms with van der Waals surface area (Å²) >= 11 is 0. The SMILES string of the molecule is [C-]#[N+]c1ccc2[nH]c3c(c2c1)CCN1CC2CC3C1C2. The molecule has 5 rings (SSSR count). The average Bonchev–Trinajstić information content (AvgIpc) is 3.14. The van der Waals surface area contributed by atoms with Gasteiger partial charge in [-0.15, -0.1) is 0 Å². The number of nitrogens with zero attached hydrogens (tertiary/aromatic N) is 2. The summed E-state index contributed by atoms with van der Waals surface area (Å²) in [4.78, 5) is 9.98. The van der Waals surface area contributed by atoms with Crippen molar-refractivity contribution in [3.8, 4) is 0 Å². The van der Waals surface area contributed by atoms with Crippen LogP contribution in [0, 0.1) is 12.5 Å². The first kappa shape index (κ1) is 10.9. The van der Waals surface area contributed by atoms with E-state index in [1.165, 1.54) is 48.1 Å². The number of piperidine rings is 1. The molecule has 3 atom stereocenters. The zero-order valence-electron chi connectivity index (χ0n) is 11.4. The summed E-state index contributed by atoms with van der Waals surface area (Å²) in [5, 5.41) is 1.29. The van der Waals surface area contributed by atoms with Crippen molar-refractivity contribution >= 4 is 16.6 Å². The number of nitrogens with one attached hydrogen (secondary N) is 1. The zero-order chi connectivity index (χ0) is 13.3. The van der Waals surface area contributed by atoms with Crippen LogP contribution in [0.3, 0.4) is 0 Å². The van der Waals surface area contributed by atoms with Crippen molar-refractivity contribution in [2.24, 2.45) is 5.92 Å². The predicted molar refractivity (Wildman–Crippen MR) is 79.1 cm³/mol. The summed E-state index contributed by atoms with van der Waals surface area (Å²) in [5.74, 6) is 1.62. The van der Waals surface area contributed by atoms with E-state index in [-0.39, 0.29) is 0 Å². The average molecular weight is 263 g/mol. The molecule has 1 aromatic heterocycles. The van der Waals surface area contributed by atoms with Crippen molar-refractivity contribution in [1.29, 1.82) is 0 Å². The number of hydrogen-bond acceptors (Lipinski definition) is 1. The molecule has 0 amide bonds. The minimum absolute atomic E-state index is 0.704. The van der Waals surface area contributed by atoms with Gasteiger partial charge in [0.1, 0.15) is 0 Å². The van der Waals surface area contributed by atoms with Crippen molar-refractivity contribution in [3.05, 3.63) is 40.9 Å². The molecule has 2 aromatic rings. The first-order valence-electron chi connectivity index (χ1n) is 7.59. The lowest BCUT2D eigenvalue weighted by atomic mass is 9.93. The van der Waals surface area contributed by atoms with Gasteiger partial charge in [0.15, 0.2) is 5.69 Å². The highest BCUT2D eigenvalue weighted by Gasteiger charge is 2.47. The Morgan fingerprint density at radius 3 is 3.10 bits per heavy atom. The number of aromatic nitrogens is 1. The molecule has 3 aliphatic rings. The smallest absolute Gasteiger partial charge is 0.187 e. The van der Waals surface area contributed by atoms with E-state index in [0.29, 0.717) is 5.92 Å². The molecular formula is C17H17N3. The fourth-order valence-corrected chi connectivity index (χ4v) is 4.87. The van der Waals surface area contributed by atoms with Crippen LogP contribution in [0.4, 0.5) is 5.69 Å². The fourth-order valence-electron chi connectivity index (χ4n) is 4.87. The number of fused-ring (bicyclic) bond motifs is 5. The second-order valence-electron chi connectivity index (χ2n) is 6.62. The molecule has 20 heavy (non-hydrogen) atoms. The van der Waals surface area contributed by atoms with Gasteiger partial charge in [-0.2, -0.15) is 0 Å². The Balaban J connectivity index is 1.74. The van der Waals surface area contributed by atoms with E-state index in [1.807, 2.05) is 6.07 Å². The Hall–Kier alpha value is -1.79. The van der Waals surface area contributed by atoms with Crippen molar-refractivity contribution in [3.63, 3.8) is 0 Å². The normalized spacial score (nSPS) is 31.2. The van der Waals surface area contributed by atoms with Gasteiger partial charge in [-0.3, -0.25) is 4.90 Å². The van der Waals surface area contributed by atoms with E-state index >= 15 is 0 Å². The molecular weight excluding hydrogens is 246 g/mol. The van der Waals surface area contributed by atoms with Gasteiger partial charge < -0.3 is 4.98 Å².